The van der Waals surface area contributed by atoms with Crippen LogP contribution >= 0.6 is 0 Å². The number of nitrogens with one attached hydrogen (secondary N) is 1. The highest BCUT2D eigenvalue weighted by atomic mass is 16.5. The highest BCUT2D eigenvalue weighted by molar-refractivity contribution is 6.10. The number of aromatic hydroxyl groups is 2. The van der Waals surface area contributed by atoms with Gasteiger partial charge in [-0.2, -0.15) is 0 Å². The summed E-state index contributed by atoms with van der Waals surface area (Å²) in [6, 6.07) is 5.34. The van der Waals surface area contributed by atoms with Crippen molar-refractivity contribution in [3.05, 3.63) is 45.8 Å². The molecule has 25 heavy (non-hydrogen) atoms. The molecule has 0 aliphatic heterocycles. The first-order chi connectivity index (χ1) is 11.7. The average molecular weight is 348 g/mol. The van der Waals surface area contributed by atoms with Gasteiger partial charge in [-0.05, 0) is 31.2 Å². The van der Waals surface area contributed by atoms with E-state index in [9.17, 15) is 29.4 Å². The molecular formula is C15H12N2O8. The zero-order valence-electron chi connectivity index (χ0n) is 12.7. The van der Waals surface area contributed by atoms with Crippen LogP contribution in [0.4, 0.5) is 10.5 Å². The van der Waals surface area contributed by atoms with Crippen molar-refractivity contribution in [1.82, 2.24) is 0 Å². The first-order valence-electron chi connectivity index (χ1n) is 6.69. The summed E-state index contributed by atoms with van der Waals surface area (Å²) in [5.41, 5.74) is 2.24. The number of Topliss-reactive ketones (excluding diaryl/α,β-unsaturated/α-hetero) is 1. The van der Waals surface area contributed by atoms with Crippen molar-refractivity contribution in [3.63, 3.8) is 0 Å². The van der Waals surface area contributed by atoms with Crippen LogP contribution in [-0.4, -0.2) is 28.0 Å². The minimum absolute atomic E-state index is 0.126. The molecule has 0 radical (unpaired) electrons. The van der Waals surface area contributed by atoms with Gasteiger partial charge in [-0.25, -0.2) is 9.59 Å². The molecule has 0 aliphatic carbocycles. The van der Waals surface area contributed by atoms with Gasteiger partial charge in [-0.1, -0.05) is 0 Å². The SMILES string of the molecule is CC(=O)c1c(O)c(C(=O)Nc2ccc(OC(N)=O)cc2)c(O)oc1=O. The number of anilines is 1. The number of rotatable bonds is 4. The summed E-state index contributed by atoms with van der Waals surface area (Å²) in [5.74, 6) is -3.88. The molecule has 5 N–H and O–H groups in total. The van der Waals surface area contributed by atoms with Crippen molar-refractivity contribution in [2.75, 3.05) is 5.32 Å². The summed E-state index contributed by atoms with van der Waals surface area (Å²) in [6.45, 7) is 0.988. The van der Waals surface area contributed by atoms with E-state index in [4.69, 9.17) is 5.73 Å². The molecule has 10 nitrogen and oxygen atoms in total. The van der Waals surface area contributed by atoms with Crippen LogP contribution in [0.5, 0.6) is 17.4 Å². The van der Waals surface area contributed by atoms with E-state index >= 15 is 0 Å². The van der Waals surface area contributed by atoms with Crippen LogP contribution in [0.25, 0.3) is 0 Å². The molecule has 0 bridgehead atoms. The van der Waals surface area contributed by atoms with Gasteiger partial charge in [0, 0.05) is 5.69 Å². The van der Waals surface area contributed by atoms with Crippen molar-refractivity contribution < 1.29 is 33.8 Å². The zero-order valence-corrected chi connectivity index (χ0v) is 12.7. The fourth-order valence-corrected chi connectivity index (χ4v) is 1.94. The Kier molecular flexibility index (Phi) is 4.73. The third kappa shape index (κ3) is 3.75. The molecule has 2 aromatic rings. The van der Waals surface area contributed by atoms with Crippen LogP contribution in [0.3, 0.4) is 0 Å². The minimum Gasteiger partial charge on any atom is -0.506 e. The summed E-state index contributed by atoms with van der Waals surface area (Å²) in [7, 11) is 0. The standard InChI is InChI=1S/C15H12N2O8/c1-6(18)9-11(19)10(14(22)25-13(9)21)12(20)17-7-2-4-8(5-3-7)24-15(16)23/h2-5,19,22H,1H3,(H2,16,23)(H,17,20). The second-order valence-corrected chi connectivity index (χ2v) is 4.75. The van der Waals surface area contributed by atoms with Crippen LogP contribution < -0.4 is 21.4 Å². The summed E-state index contributed by atoms with van der Waals surface area (Å²) >= 11 is 0. The summed E-state index contributed by atoms with van der Waals surface area (Å²) in [5, 5.41) is 21.8. The highest BCUT2D eigenvalue weighted by Gasteiger charge is 2.27. The van der Waals surface area contributed by atoms with Gasteiger partial charge in [0.1, 0.15) is 11.3 Å². The first-order valence-corrected chi connectivity index (χ1v) is 6.69. The highest BCUT2D eigenvalue weighted by Crippen LogP contribution is 2.29. The molecule has 1 heterocycles. The first kappa shape index (κ1) is 17.5. The molecule has 0 saturated carbocycles. The lowest BCUT2D eigenvalue weighted by atomic mass is 10.1. The number of amides is 2. The Morgan fingerprint density at radius 1 is 1.12 bits per heavy atom. The molecule has 0 atom stereocenters. The number of primary amides is 1. The van der Waals surface area contributed by atoms with E-state index in [0.29, 0.717) is 0 Å². The van der Waals surface area contributed by atoms with Crippen molar-refractivity contribution in [2.45, 2.75) is 6.92 Å². The van der Waals surface area contributed by atoms with Crippen molar-refractivity contribution in [2.24, 2.45) is 5.73 Å². The van der Waals surface area contributed by atoms with Crippen LogP contribution in [0.2, 0.25) is 0 Å². The topological polar surface area (TPSA) is 169 Å². The lowest BCUT2D eigenvalue weighted by Gasteiger charge is -2.09. The maximum absolute atomic E-state index is 12.2. The smallest absolute Gasteiger partial charge is 0.409 e. The molecule has 0 saturated heterocycles. The summed E-state index contributed by atoms with van der Waals surface area (Å²) in [6.07, 6.45) is -1.01. The molecule has 130 valence electrons. The molecule has 0 spiro atoms. The fourth-order valence-electron chi connectivity index (χ4n) is 1.94. The molecule has 0 unspecified atom stereocenters. The summed E-state index contributed by atoms with van der Waals surface area (Å²) in [4.78, 5) is 45.7. The molecule has 2 rings (SSSR count). The van der Waals surface area contributed by atoms with Crippen molar-refractivity contribution >= 4 is 23.5 Å². The van der Waals surface area contributed by atoms with Gasteiger partial charge in [0.15, 0.2) is 17.1 Å². The summed E-state index contributed by atoms with van der Waals surface area (Å²) < 4.78 is 9.00. The molecule has 10 heteroatoms. The predicted octanol–water partition coefficient (Wildman–Crippen LogP) is 0.963. The van der Waals surface area contributed by atoms with E-state index < -0.39 is 46.2 Å². The van der Waals surface area contributed by atoms with Crippen LogP contribution in [-0.2, 0) is 0 Å². The minimum atomic E-state index is -1.27. The Morgan fingerprint density at radius 3 is 2.24 bits per heavy atom. The van der Waals surface area contributed by atoms with Crippen molar-refractivity contribution in [1.29, 1.82) is 0 Å². The Labute approximate surface area is 139 Å². The Morgan fingerprint density at radius 2 is 1.72 bits per heavy atom. The van der Waals surface area contributed by atoms with Gasteiger partial charge in [0.2, 0.25) is 0 Å². The number of ketones is 1. The Hall–Kier alpha value is -3.82. The zero-order chi connectivity index (χ0) is 18.7. The van der Waals surface area contributed by atoms with Gasteiger partial charge in [-0.3, -0.25) is 9.59 Å². The van der Waals surface area contributed by atoms with E-state index in [1.54, 1.807) is 0 Å². The quantitative estimate of drug-likeness (QED) is 0.592. The molecule has 2 amide bonds. The molecular weight excluding hydrogens is 336 g/mol. The van der Waals surface area contributed by atoms with E-state index in [1.807, 2.05) is 0 Å². The number of carbonyl (C=O) groups is 3. The van der Waals surface area contributed by atoms with Gasteiger partial charge in [-0.15, -0.1) is 0 Å². The van der Waals surface area contributed by atoms with E-state index in [1.165, 1.54) is 24.3 Å². The van der Waals surface area contributed by atoms with Crippen LogP contribution in [0.1, 0.15) is 27.6 Å². The van der Waals surface area contributed by atoms with E-state index in [2.05, 4.69) is 14.5 Å². The second-order valence-electron chi connectivity index (χ2n) is 4.75. The largest absolute Gasteiger partial charge is 0.506 e. The molecule has 1 aromatic carbocycles. The fraction of sp³-hybridized carbons (Fsp3) is 0.0667. The lowest BCUT2D eigenvalue weighted by Crippen LogP contribution is -2.18. The maximum Gasteiger partial charge on any atom is 0.409 e. The molecule has 0 aliphatic rings. The third-order valence-corrected chi connectivity index (χ3v) is 2.99. The van der Waals surface area contributed by atoms with Crippen LogP contribution in [0, 0.1) is 0 Å². The maximum atomic E-state index is 12.2. The van der Waals surface area contributed by atoms with E-state index in [-0.39, 0.29) is 11.4 Å². The van der Waals surface area contributed by atoms with Gasteiger partial charge in [0.05, 0.1) is 0 Å². The number of benzene rings is 1. The number of hydrogen-bond acceptors (Lipinski definition) is 8. The lowest BCUT2D eigenvalue weighted by molar-refractivity contribution is 0.100. The van der Waals surface area contributed by atoms with Gasteiger partial charge >= 0.3 is 17.7 Å². The Bertz CT molecular complexity index is 914. The van der Waals surface area contributed by atoms with Crippen molar-refractivity contribution in [3.8, 4) is 17.4 Å². The normalized spacial score (nSPS) is 10.1. The van der Waals surface area contributed by atoms with Gasteiger partial charge in [0.25, 0.3) is 5.91 Å². The number of carbonyl (C=O) groups excluding carboxylic acids is 3. The Balaban J connectivity index is 2.32. The number of nitrogens with two attached hydrogens (primary N) is 1. The number of ether oxygens (including phenoxy) is 1. The predicted molar refractivity (Wildman–Crippen MR) is 82.9 cm³/mol. The van der Waals surface area contributed by atoms with E-state index in [0.717, 1.165) is 6.92 Å². The average Bonchev–Trinajstić information content (AvgIpc) is 2.47. The number of hydrogen-bond donors (Lipinski definition) is 4. The van der Waals surface area contributed by atoms with Crippen LogP contribution in [0.15, 0.2) is 33.5 Å². The molecule has 1 aromatic heterocycles. The molecule has 0 fully saturated rings. The monoisotopic (exact) mass is 348 g/mol. The second kappa shape index (κ2) is 6.74. The van der Waals surface area contributed by atoms with Gasteiger partial charge < -0.3 is 30.4 Å². The third-order valence-electron chi connectivity index (χ3n) is 2.99.